The number of nitrogens with zero attached hydrogens (tertiary/aromatic N) is 2. The van der Waals surface area contributed by atoms with Gasteiger partial charge in [-0.2, -0.15) is 0 Å². The van der Waals surface area contributed by atoms with Crippen molar-refractivity contribution in [2.45, 2.75) is 49.2 Å². The van der Waals surface area contributed by atoms with Gasteiger partial charge in [-0.3, -0.25) is 24.2 Å². The third kappa shape index (κ3) is 3.97. The predicted octanol–water partition coefficient (Wildman–Crippen LogP) is 3.54. The fourth-order valence-electron chi connectivity index (χ4n) is 5.80. The Morgan fingerprint density at radius 1 is 1.16 bits per heavy atom. The monoisotopic (exact) mass is 587 g/mol. The Kier molecular flexibility index (Phi) is 7.46. The van der Waals surface area contributed by atoms with E-state index in [9.17, 15) is 29.0 Å². The van der Waals surface area contributed by atoms with Crippen LogP contribution in [0.25, 0.3) is 0 Å². The number of hydrogen-bond acceptors (Lipinski definition) is 7. The number of imide groups is 1. The number of benzene rings is 2. The molecule has 38 heavy (non-hydrogen) atoms. The van der Waals surface area contributed by atoms with E-state index in [1.807, 2.05) is 0 Å². The maximum Gasteiger partial charge on any atom is 0.270 e. The molecule has 3 N–H and O–H groups in total. The first-order chi connectivity index (χ1) is 17.8. The molecule has 0 aromatic heterocycles. The van der Waals surface area contributed by atoms with Gasteiger partial charge in [0.1, 0.15) is 17.5 Å². The number of fused-ring (bicyclic) bond motifs is 1. The van der Waals surface area contributed by atoms with Crippen LogP contribution in [0.3, 0.4) is 0 Å². The number of anilines is 2. The molecule has 0 aliphatic carbocycles. The van der Waals surface area contributed by atoms with Gasteiger partial charge in [-0.15, -0.1) is 0 Å². The standard InChI is InChI=1S/C25H25Cl3FN3O6/c1-23(18-6-14(27)7-19(28)21(18)30-11-33)24(2,36)25(37,20-8-15(29)10-32(20)23)22(35)31(12-34)16-4-13(26)5-17(9-16)38-3/h4-7,9,11-12,15,20,36-37H,8,10H2,1-3H3,(H,30,33). The molecule has 0 spiro atoms. The SMILES string of the molecule is COc1cc(Cl)cc(N(C=O)C(=O)C2(O)C3CC(F)CN3C(C)(c3cc(Cl)cc(Cl)c3NC=O)C2(C)O)c1. The van der Waals surface area contributed by atoms with Crippen LogP contribution in [-0.2, 0) is 19.9 Å². The Hall–Kier alpha value is -2.47. The number of carbonyl (C=O) groups excluding carboxylic acids is 3. The van der Waals surface area contributed by atoms with Gasteiger partial charge in [0.25, 0.3) is 5.91 Å². The van der Waals surface area contributed by atoms with Crippen LogP contribution in [0.2, 0.25) is 15.1 Å². The Morgan fingerprint density at radius 3 is 2.42 bits per heavy atom. The van der Waals surface area contributed by atoms with Crippen LogP contribution in [0.15, 0.2) is 30.3 Å². The summed E-state index contributed by atoms with van der Waals surface area (Å²) in [6.07, 6.45) is -1.28. The first kappa shape index (κ1) is 28.5. The Balaban J connectivity index is 1.95. The van der Waals surface area contributed by atoms with Crippen LogP contribution in [-0.4, -0.2) is 70.9 Å². The van der Waals surface area contributed by atoms with E-state index in [4.69, 9.17) is 39.5 Å². The maximum absolute atomic E-state index is 14.9. The number of halogens is 4. The molecule has 2 aliphatic rings. The lowest BCUT2D eigenvalue weighted by Crippen LogP contribution is -2.67. The summed E-state index contributed by atoms with van der Waals surface area (Å²) in [6, 6.07) is 5.59. The Morgan fingerprint density at radius 2 is 1.82 bits per heavy atom. The first-order valence-corrected chi connectivity index (χ1v) is 12.6. The maximum atomic E-state index is 14.9. The molecule has 204 valence electrons. The molecule has 2 fully saturated rings. The van der Waals surface area contributed by atoms with Gasteiger partial charge in [0.15, 0.2) is 5.60 Å². The number of ether oxygens (including phenoxy) is 1. The zero-order valence-electron chi connectivity index (χ0n) is 20.5. The van der Waals surface area contributed by atoms with Gasteiger partial charge in [-0.1, -0.05) is 34.8 Å². The molecular weight excluding hydrogens is 564 g/mol. The molecule has 13 heteroatoms. The zero-order chi connectivity index (χ0) is 28.2. The Bertz CT molecular complexity index is 1310. The van der Waals surface area contributed by atoms with Crippen molar-refractivity contribution >= 4 is 64.9 Å². The van der Waals surface area contributed by atoms with E-state index in [-0.39, 0.29) is 57.1 Å². The Labute approximate surface area is 233 Å². The van der Waals surface area contributed by atoms with Gasteiger partial charge in [0.05, 0.1) is 35.1 Å². The van der Waals surface area contributed by atoms with E-state index < -0.39 is 34.9 Å². The van der Waals surface area contributed by atoms with E-state index >= 15 is 0 Å². The molecule has 2 aromatic carbocycles. The van der Waals surface area contributed by atoms with Crippen molar-refractivity contribution in [2.24, 2.45) is 0 Å². The number of carbonyl (C=O) groups is 3. The average Bonchev–Trinajstić information content (AvgIpc) is 3.30. The number of nitrogens with one attached hydrogen (secondary N) is 1. The minimum atomic E-state index is -2.73. The largest absolute Gasteiger partial charge is 0.497 e. The highest BCUT2D eigenvalue weighted by Gasteiger charge is 2.77. The van der Waals surface area contributed by atoms with Crippen molar-refractivity contribution in [3.05, 3.63) is 51.0 Å². The summed E-state index contributed by atoms with van der Waals surface area (Å²) in [6.45, 7) is 2.41. The number of hydrogen-bond donors (Lipinski definition) is 3. The fraction of sp³-hybridized carbons (Fsp3) is 0.400. The minimum Gasteiger partial charge on any atom is -0.497 e. The van der Waals surface area contributed by atoms with Crippen LogP contribution in [0.5, 0.6) is 5.75 Å². The van der Waals surface area contributed by atoms with Gasteiger partial charge in [0.2, 0.25) is 12.8 Å². The lowest BCUT2D eigenvalue weighted by atomic mass is 9.68. The van der Waals surface area contributed by atoms with Crippen molar-refractivity contribution in [3.8, 4) is 5.75 Å². The number of alkyl halides is 1. The molecule has 3 amide bonds. The molecule has 2 heterocycles. The number of rotatable bonds is 7. The second kappa shape index (κ2) is 9.93. The molecule has 0 bridgehead atoms. The highest BCUT2D eigenvalue weighted by Crippen LogP contribution is 2.60. The summed E-state index contributed by atoms with van der Waals surface area (Å²) in [5.74, 6) is -0.987. The summed E-state index contributed by atoms with van der Waals surface area (Å²) in [4.78, 5) is 39.8. The van der Waals surface area contributed by atoms with Crippen molar-refractivity contribution in [1.82, 2.24) is 4.90 Å². The first-order valence-electron chi connectivity index (χ1n) is 11.5. The van der Waals surface area contributed by atoms with E-state index in [0.29, 0.717) is 11.3 Å². The van der Waals surface area contributed by atoms with Crippen LogP contribution < -0.4 is 15.0 Å². The van der Waals surface area contributed by atoms with Crippen LogP contribution in [0.4, 0.5) is 15.8 Å². The van der Waals surface area contributed by atoms with Crippen LogP contribution in [0, 0.1) is 0 Å². The average molecular weight is 589 g/mol. The van der Waals surface area contributed by atoms with Gasteiger partial charge < -0.3 is 20.3 Å². The lowest BCUT2D eigenvalue weighted by Gasteiger charge is -2.46. The van der Waals surface area contributed by atoms with Gasteiger partial charge in [-0.05, 0) is 44.5 Å². The minimum absolute atomic E-state index is 0.0199. The van der Waals surface area contributed by atoms with Crippen molar-refractivity contribution in [2.75, 3.05) is 23.9 Å². The summed E-state index contributed by atoms with van der Waals surface area (Å²) in [7, 11) is 1.36. The molecule has 2 aliphatic heterocycles. The van der Waals surface area contributed by atoms with E-state index in [2.05, 4.69) is 5.32 Å². The smallest absolute Gasteiger partial charge is 0.270 e. The second-order valence-corrected chi connectivity index (χ2v) is 10.9. The highest BCUT2D eigenvalue weighted by molar-refractivity contribution is 6.37. The second-order valence-electron chi connectivity index (χ2n) is 9.61. The molecule has 5 unspecified atom stereocenters. The zero-order valence-corrected chi connectivity index (χ0v) is 22.8. The lowest BCUT2D eigenvalue weighted by molar-refractivity contribution is -0.174. The molecule has 0 saturated carbocycles. The summed E-state index contributed by atoms with van der Waals surface area (Å²) in [5.41, 5.74) is -6.70. The van der Waals surface area contributed by atoms with E-state index in [0.717, 1.165) is 0 Å². The molecule has 4 rings (SSSR count). The summed E-state index contributed by atoms with van der Waals surface area (Å²) in [5, 5.41) is 27.1. The van der Waals surface area contributed by atoms with Crippen LogP contribution >= 0.6 is 34.8 Å². The van der Waals surface area contributed by atoms with E-state index in [1.165, 1.54) is 56.2 Å². The summed E-state index contributed by atoms with van der Waals surface area (Å²) >= 11 is 18.8. The number of methoxy groups -OCH3 is 1. The fourth-order valence-corrected chi connectivity index (χ4v) is 6.56. The number of aliphatic hydroxyl groups is 2. The highest BCUT2D eigenvalue weighted by atomic mass is 35.5. The van der Waals surface area contributed by atoms with E-state index in [1.54, 1.807) is 0 Å². The third-order valence-electron chi connectivity index (χ3n) is 7.80. The topological polar surface area (TPSA) is 119 Å². The van der Waals surface area contributed by atoms with Gasteiger partial charge >= 0.3 is 0 Å². The third-order valence-corrected chi connectivity index (χ3v) is 8.53. The van der Waals surface area contributed by atoms with Crippen molar-refractivity contribution in [3.63, 3.8) is 0 Å². The normalized spacial score (nSPS) is 30.6. The van der Waals surface area contributed by atoms with Gasteiger partial charge in [-0.25, -0.2) is 4.39 Å². The molecule has 2 saturated heterocycles. The molecule has 5 atom stereocenters. The van der Waals surface area contributed by atoms with Crippen molar-refractivity contribution < 1.29 is 33.7 Å². The molecule has 2 aromatic rings. The quantitative estimate of drug-likeness (QED) is 0.424. The number of amides is 3. The van der Waals surface area contributed by atoms with Crippen LogP contribution in [0.1, 0.15) is 25.8 Å². The predicted molar refractivity (Wildman–Crippen MR) is 141 cm³/mol. The molecule has 9 nitrogen and oxygen atoms in total. The molecule has 0 radical (unpaired) electrons. The summed E-state index contributed by atoms with van der Waals surface area (Å²) < 4.78 is 20.1. The van der Waals surface area contributed by atoms with Crippen molar-refractivity contribution in [1.29, 1.82) is 0 Å². The van der Waals surface area contributed by atoms with Gasteiger partial charge in [0, 0.05) is 28.2 Å². The molecular formula is C25H25Cl3FN3O6.